The molecule has 2 heterocycles. The summed E-state index contributed by atoms with van der Waals surface area (Å²) in [5.74, 6) is 0.799. The number of hydrogen-bond donors (Lipinski definition) is 2. The van der Waals surface area contributed by atoms with E-state index in [0.29, 0.717) is 23.0 Å². The third kappa shape index (κ3) is 5.26. The molecule has 2 aliphatic rings. The molecule has 31 heavy (non-hydrogen) atoms. The number of fused-ring (bicyclic) bond motifs is 1. The van der Waals surface area contributed by atoms with Gasteiger partial charge >= 0.3 is 194 Å². The van der Waals surface area contributed by atoms with E-state index in [2.05, 4.69) is 35.6 Å². The van der Waals surface area contributed by atoms with Crippen LogP contribution >= 0.6 is 0 Å². The average Bonchev–Trinajstić information content (AvgIpc) is 3.45. The Balaban J connectivity index is 1.67. The zero-order chi connectivity index (χ0) is 21.8. The fraction of sp³-hybridized carbons (Fsp3) is 0.783. The van der Waals surface area contributed by atoms with E-state index in [-0.39, 0.29) is 15.8 Å². The predicted molar refractivity (Wildman–Crippen MR) is 129 cm³/mol. The van der Waals surface area contributed by atoms with Crippen LogP contribution in [0.25, 0.3) is 11.2 Å². The monoisotopic (exact) mass is 488 g/mol. The van der Waals surface area contributed by atoms with E-state index in [0.717, 1.165) is 62.3 Å². The second-order valence-electron chi connectivity index (χ2n) is 9.13. The van der Waals surface area contributed by atoms with Gasteiger partial charge in [0, 0.05) is 0 Å². The van der Waals surface area contributed by atoms with E-state index in [9.17, 15) is 0 Å². The van der Waals surface area contributed by atoms with E-state index in [1.54, 1.807) is 0 Å². The molecule has 2 aromatic rings. The summed E-state index contributed by atoms with van der Waals surface area (Å²) in [4.78, 5) is 18.1. The van der Waals surface area contributed by atoms with Gasteiger partial charge in [0.05, 0.1) is 0 Å². The van der Waals surface area contributed by atoms with Crippen LogP contribution in [0.5, 0.6) is 0 Å². The molecule has 0 amide bonds. The van der Waals surface area contributed by atoms with Crippen LogP contribution in [0.4, 0.5) is 5.95 Å². The van der Waals surface area contributed by atoms with E-state index >= 15 is 0 Å². The molecule has 0 aromatic carbocycles. The van der Waals surface area contributed by atoms with Crippen molar-refractivity contribution in [1.82, 2.24) is 24.4 Å². The van der Waals surface area contributed by atoms with Gasteiger partial charge in [-0.1, -0.05) is 0 Å². The molecule has 2 aromatic heterocycles. The second-order valence-corrected chi connectivity index (χ2v) is 11.8. The molecule has 0 spiro atoms. The zero-order valence-electron chi connectivity index (χ0n) is 19.4. The second kappa shape index (κ2) is 10.6. The molecule has 0 aliphatic heterocycles. The summed E-state index contributed by atoms with van der Waals surface area (Å²) in [6.07, 6.45) is 12.6. The number of rotatable bonds is 9. The van der Waals surface area contributed by atoms with Crippen LogP contribution in [0.2, 0.25) is 0 Å². The first-order chi connectivity index (χ1) is 15.1. The van der Waals surface area contributed by atoms with Crippen LogP contribution in [0.1, 0.15) is 84.6 Å². The van der Waals surface area contributed by atoms with E-state index < -0.39 is 0 Å². The van der Waals surface area contributed by atoms with Crippen molar-refractivity contribution in [3.05, 3.63) is 6.33 Å². The standard InChI is InChI=1S/C23H39AsN7/c1-4-19(30(5-2)6-3)24-21-20-22(31(15-26-20)18-9-7-8-10-18)29-23(28-21)27-17-13-11-16(25)12-14-17/h15-19H,4-14,25H2,1-3H3,(H,27,28,29). The van der Waals surface area contributed by atoms with Crippen molar-refractivity contribution >= 4 is 37.3 Å². The van der Waals surface area contributed by atoms with Crippen molar-refractivity contribution in [2.24, 2.45) is 5.73 Å². The summed E-state index contributed by atoms with van der Waals surface area (Å²) in [5, 5.41) is 3.67. The topological polar surface area (TPSA) is 84.9 Å². The maximum absolute atomic E-state index is 6.12. The van der Waals surface area contributed by atoms with Gasteiger partial charge in [-0.05, 0) is 0 Å². The molecule has 1 atom stereocenters. The Morgan fingerprint density at radius 1 is 1.10 bits per heavy atom. The number of nitrogens with two attached hydrogens (primary N) is 1. The average molecular weight is 489 g/mol. The molecular formula is C23H39AsN7. The Labute approximate surface area is 193 Å². The van der Waals surface area contributed by atoms with Gasteiger partial charge < -0.3 is 0 Å². The number of hydrogen-bond acceptors (Lipinski definition) is 6. The van der Waals surface area contributed by atoms with E-state index in [1.807, 2.05) is 6.33 Å². The minimum absolute atomic E-state index is 0.123. The van der Waals surface area contributed by atoms with Crippen LogP contribution in [0.3, 0.4) is 0 Å². The third-order valence-corrected chi connectivity index (χ3v) is 10.3. The van der Waals surface area contributed by atoms with Crippen LogP contribution < -0.4 is 15.5 Å². The van der Waals surface area contributed by atoms with Crippen molar-refractivity contribution in [2.45, 2.75) is 102 Å². The van der Waals surface area contributed by atoms with Gasteiger partial charge in [0.25, 0.3) is 0 Å². The fourth-order valence-electron chi connectivity index (χ4n) is 5.17. The van der Waals surface area contributed by atoms with Gasteiger partial charge in [-0.25, -0.2) is 0 Å². The molecule has 1 unspecified atom stereocenters. The van der Waals surface area contributed by atoms with Crippen LogP contribution in [0, 0.1) is 0 Å². The number of nitrogens with zero attached hydrogens (tertiary/aromatic N) is 5. The van der Waals surface area contributed by atoms with Gasteiger partial charge in [-0.2, -0.15) is 0 Å². The molecule has 8 heteroatoms. The Morgan fingerprint density at radius 3 is 2.45 bits per heavy atom. The Bertz CT molecular complexity index is 836. The van der Waals surface area contributed by atoms with Crippen molar-refractivity contribution in [3.63, 3.8) is 0 Å². The first kappa shape index (κ1) is 23.0. The summed E-state index contributed by atoms with van der Waals surface area (Å²) in [7, 11) is 0. The Hall–Kier alpha value is -1.17. The van der Waals surface area contributed by atoms with Gasteiger partial charge in [0.15, 0.2) is 0 Å². The van der Waals surface area contributed by atoms with Gasteiger partial charge in [0.2, 0.25) is 0 Å². The number of anilines is 1. The fourth-order valence-corrected chi connectivity index (χ4v) is 8.08. The van der Waals surface area contributed by atoms with Crippen molar-refractivity contribution in [3.8, 4) is 0 Å². The third-order valence-electron chi connectivity index (χ3n) is 7.10. The molecule has 1 radical (unpaired) electrons. The predicted octanol–water partition coefficient (Wildman–Crippen LogP) is 3.03. The van der Waals surface area contributed by atoms with Gasteiger partial charge in [0.1, 0.15) is 0 Å². The van der Waals surface area contributed by atoms with Gasteiger partial charge in [-0.15, -0.1) is 0 Å². The van der Waals surface area contributed by atoms with Crippen molar-refractivity contribution in [2.75, 3.05) is 18.4 Å². The Kier molecular flexibility index (Phi) is 7.89. The first-order valence-corrected chi connectivity index (χ1v) is 14.4. The first-order valence-electron chi connectivity index (χ1n) is 12.3. The van der Waals surface area contributed by atoms with E-state index in [1.165, 1.54) is 30.2 Å². The summed E-state index contributed by atoms with van der Waals surface area (Å²) in [6.45, 7) is 9.00. The number of aromatic nitrogens is 4. The molecule has 7 nitrogen and oxygen atoms in total. The molecular weight excluding hydrogens is 449 g/mol. The molecule has 171 valence electrons. The molecule has 2 fully saturated rings. The SMILES string of the molecule is CCC([As]c1nc(NC2CCC(N)CC2)nc2c1ncn2C1CCCC1)N(CC)CC. The van der Waals surface area contributed by atoms with Crippen LogP contribution in [-0.4, -0.2) is 70.2 Å². The number of nitrogens with one attached hydrogen (secondary N) is 1. The maximum atomic E-state index is 6.12. The van der Waals surface area contributed by atoms with E-state index in [4.69, 9.17) is 20.7 Å². The summed E-state index contributed by atoms with van der Waals surface area (Å²) < 4.78 is 3.53. The summed E-state index contributed by atoms with van der Waals surface area (Å²) >= 11 is -0.123. The van der Waals surface area contributed by atoms with Crippen molar-refractivity contribution < 1.29 is 0 Å². The molecule has 2 saturated carbocycles. The van der Waals surface area contributed by atoms with Crippen LogP contribution in [0.15, 0.2) is 6.33 Å². The molecule has 3 N–H and O–H groups in total. The Morgan fingerprint density at radius 2 is 1.81 bits per heavy atom. The zero-order valence-corrected chi connectivity index (χ0v) is 21.3. The summed E-state index contributed by atoms with van der Waals surface area (Å²) in [5.41, 5.74) is 8.19. The molecule has 0 bridgehead atoms. The quantitative estimate of drug-likeness (QED) is 0.528. The molecule has 2 aliphatic carbocycles. The molecule has 0 saturated heterocycles. The summed E-state index contributed by atoms with van der Waals surface area (Å²) in [6, 6.07) is 1.31. The minimum atomic E-state index is -0.123. The molecule has 4 rings (SSSR count). The number of imidazole rings is 1. The van der Waals surface area contributed by atoms with Crippen LogP contribution in [-0.2, 0) is 0 Å². The normalized spacial score (nSPS) is 24.0. The van der Waals surface area contributed by atoms with Gasteiger partial charge in [-0.3, -0.25) is 0 Å². The van der Waals surface area contributed by atoms with Crippen molar-refractivity contribution in [1.29, 1.82) is 0 Å².